The third-order valence-electron chi connectivity index (χ3n) is 4.27. The van der Waals surface area contributed by atoms with Gasteiger partial charge >= 0.3 is 0 Å². The molecular formula is C16H16N4O2. The van der Waals surface area contributed by atoms with Gasteiger partial charge in [0.1, 0.15) is 11.4 Å². The molecule has 2 aliphatic heterocycles. The highest BCUT2D eigenvalue weighted by Crippen LogP contribution is 2.42. The van der Waals surface area contributed by atoms with Crippen LogP contribution < -0.4 is 0 Å². The number of carbonyl (C=O) groups excluding carboxylic acids is 1. The molecule has 0 saturated carbocycles. The molecule has 112 valence electrons. The number of ether oxygens (including phenoxy) is 1. The summed E-state index contributed by atoms with van der Waals surface area (Å²) in [5, 5.41) is 0. The Morgan fingerprint density at radius 3 is 2.86 bits per heavy atom. The number of amides is 1. The molecule has 2 aromatic rings. The van der Waals surface area contributed by atoms with E-state index in [4.69, 9.17) is 4.74 Å². The molecular weight excluding hydrogens is 280 g/mol. The van der Waals surface area contributed by atoms with Crippen molar-refractivity contribution in [3.8, 4) is 0 Å². The first-order valence-electron chi connectivity index (χ1n) is 7.25. The van der Waals surface area contributed by atoms with Crippen molar-refractivity contribution < 1.29 is 9.53 Å². The van der Waals surface area contributed by atoms with Crippen molar-refractivity contribution in [2.75, 3.05) is 13.1 Å². The van der Waals surface area contributed by atoms with Crippen molar-refractivity contribution in [1.82, 2.24) is 19.9 Å². The Labute approximate surface area is 128 Å². The van der Waals surface area contributed by atoms with Crippen LogP contribution in [0.5, 0.6) is 0 Å². The topological polar surface area (TPSA) is 68.2 Å². The van der Waals surface area contributed by atoms with Crippen molar-refractivity contribution >= 4 is 5.91 Å². The zero-order valence-corrected chi connectivity index (χ0v) is 12.5. The molecule has 4 rings (SSSR count). The lowest BCUT2D eigenvalue weighted by atomic mass is 9.87. The third kappa shape index (κ3) is 1.91. The van der Waals surface area contributed by atoms with Crippen LogP contribution in [0.1, 0.15) is 33.0 Å². The van der Waals surface area contributed by atoms with Crippen LogP contribution in [0.25, 0.3) is 0 Å². The van der Waals surface area contributed by atoms with Gasteiger partial charge in [-0.25, -0.2) is 9.97 Å². The number of aryl methyl sites for hydroxylation is 2. The van der Waals surface area contributed by atoms with E-state index in [0.29, 0.717) is 25.3 Å². The predicted octanol–water partition coefficient (Wildman–Crippen LogP) is 1.37. The standard InChI is InChI=1S/C16H16N4O2/c1-10-3-12(5-17-4-10)15(21)20-8-16(9-20)13-6-18-11(2)19-14(13)7-22-16/h3-6H,7-9H2,1-2H3. The zero-order valence-electron chi connectivity index (χ0n) is 12.5. The molecule has 1 spiro atoms. The smallest absolute Gasteiger partial charge is 0.255 e. The fourth-order valence-electron chi connectivity index (χ4n) is 3.12. The van der Waals surface area contributed by atoms with Gasteiger partial charge < -0.3 is 9.64 Å². The van der Waals surface area contributed by atoms with Crippen molar-refractivity contribution in [1.29, 1.82) is 0 Å². The molecule has 4 heterocycles. The molecule has 1 fully saturated rings. The van der Waals surface area contributed by atoms with Crippen LogP contribution >= 0.6 is 0 Å². The number of hydrogen-bond acceptors (Lipinski definition) is 5. The summed E-state index contributed by atoms with van der Waals surface area (Å²) in [5.74, 6) is 0.740. The molecule has 2 aromatic heterocycles. The van der Waals surface area contributed by atoms with E-state index in [-0.39, 0.29) is 5.91 Å². The van der Waals surface area contributed by atoms with E-state index in [9.17, 15) is 4.79 Å². The van der Waals surface area contributed by atoms with Gasteiger partial charge in [0.2, 0.25) is 0 Å². The molecule has 1 saturated heterocycles. The van der Waals surface area contributed by atoms with E-state index in [1.807, 2.05) is 26.1 Å². The summed E-state index contributed by atoms with van der Waals surface area (Å²) < 4.78 is 5.93. The molecule has 0 aliphatic carbocycles. The summed E-state index contributed by atoms with van der Waals surface area (Å²) in [6, 6.07) is 1.86. The molecule has 0 N–H and O–H groups in total. The highest BCUT2D eigenvalue weighted by atomic mass is 16.5. The highest BCUT2D eigenvalue weighted by Gasteiger charge is 2.52. The van der Waals surface area contributed by atoms with Crippen molar-refractivity contribution in [2.45, 2.75) is 26.1 Å². The molecule has 6 nitrogen and oxygen atoms in total. The first-order valence-corrected chi connectivity index (χ1v) is 7.25. The van der Waals surface area contributed by atoms with Crippen molar-refractivity contribution in [3.05, 3.63) is 52.9 Å². The summed E-state index contributed by atoms with van der Waals surface area (Å²) in [5.41, 5.74) is 3.14. The first kappa shape index (κ1) is 13.3. The average Bonchev–Trinajstić information content (AvgIpc) is 2.83. The van der Waals surface area contributed by atoms with E-state index in [1.54, 1.807) is 17.3 Å². The first-order chi connectivity index (χ1) is 10.6. The van der Waals surface area contributed by atoms with Crippen LogP contribution in [0.15, 0.2) is 24.7 Å². The summed E-state index contributed by atoms with van der Waals surface area (Å²) in [7, 11) is 0. The lowest BCUT2D eigenvalue weighted by Crippen LogP contribution is -2.61. The van der Waals surface area contributed by atoms with Crippen LogP contribution in [0.2, 0.25) is 0 Å². The van der Waals surface area contributed by atoms with E-state index >= 15 is 0 Å². The summed E-state index contributed by atoms with van der Waals surface area (Å²) in [6.07, 6.45) is 5.18. The van der Waals surface area contributed by atoms with Crippen LogP contribution in [-0.2, 0) is 16.9 Å². The zero-order chi connectivity index (χ0) is 15.3. The molecule has 1 amide bonds. The van der Waals surface area contributed by atoms with Crippen LogP contribution in [0, 0.1) is 13.8 Å². The number of hydrogen-bond donors (Lipinski definition) is 0. The number of rotatable bonds is 1. The van der Waals surface area contributed by atoms with Crippen LogP contribution in [0.3, 0.4) is 0 Å². The Hall–Kier alpha value is -2.34. The minimum atomic E-state index is -0.421. The molecule has 0 bridgehead atoms. The molecule has 22 heavy (non-hydrogen) atoms. The number of fused-ring (bicyclic) bond motifs is 2. The van der Waals surface area contributed by atoms with Gasteiger partial charge in [0.05, 0.1) is 31.0 Å². The summed E-state index contributed by atoms with van der Waals surface area (Å²) >= 11 is 0. The minimum absolute atomic E-state index is 0.00750. The van der Waals surface area contributed by atoms with Gasteiger partial charge in [-0.15, -0.1) is 0 Å². The Bertz CT molecular complexity index is 768. The Morgan fingerprint density at radius 1 is 1.27 bits per heavy atom. The average molecular weight is 296 g/mol. The molecule has 6 heteroatoms. The number of pyridine rings is 1. The Morgan fingerprint density at radius 2 is 2.09 bits per heavy atom. The third-order valence-corrected chi connectivity index (χ3v) is 4.27. The van der Waals surface area contributed by atoms with Gasteiger partial charge in [-0.2, -0.15) is 0 Å². The molecule has 0 atom stereocenters. The maximum absolute atomic E-state index is 12.5. The monoisotopic (exact) mass is 296 g/mol. The maximum atomic E-state index is 12.5. The summed E-state index contributed by atoms with van der Waals surface area (Å²) in [6.45, 7) is 5.37. The number of likely N-dealkylation sites (tertiary alicyclic amines) is 1. The molecule has 2 aliphatic rings. The van der Waals surface area contributed by atoms with E-state index in [2.05, 4.69) is 15.0 Å². The van der Waals surface area contributed by atoms with Gasteiger partial charge in [-0.3, -0.25) is 9.78 Å². The summed E-state index contributed by atoms with van der Waals surface area (Å²) in [4.78, 5) is 27.0. The van der Waals surface area contributed by atoms with Crippen LogP contribution in [0.4, 0.5) is 0 Å². The second kappa shape index (κ2) is 4.58. The maximum Gasteiger partial charge on any atom is 0.255 e. The molecule has 0 aromatic carbocycles. The van der Waals surface area contributed by atoms with Gasteiger partial charge in [-0.1, -0.05) is 0 Å². The fourth-order valence-corrected chi connectivity index (χ4v) is 3.12. The van der Waals surface area contributed by atoms with Gasteiger partial charge in [-0.05, 0) is 25.5 Å². The highest BCUT2D eigenvalue weighted by molar-refractivity contribution is 5.94. The largest absolute Gasteiger partial charge is 0.360 e. The van der Waals surface area contributed by atoms with Gasteiger partial charge in [0.25, 0.3) is 5.91 Å². The van der Waals surface area contributed by atoms with Gasteiger partial charge in [0.15, 0.2) is 0 Å². The van der Waals surface area contributed by atoms with E-state index < -0.39 is 5.60 Å². The second-order valence-electron chi connectivity index (χ2n) is 5.97. The Kier molecular flexibility index (Phi) is 2.77. The second-order valence-corrected chi connectivity index (χ2v) is 5.97. The number of aromatic nitrogens is 3. The molecule has 0 unspecified atom stereocenters. The lowest BCUT2D eigenvalue weighted by molar-refractivity contribution is -0.126. The van der Waals surface area contributed by atoms with E-state index in [0.717, 1.165) is 22.6 Å². The Balaban J connectivity index is 1.55. The van der Waals surface area contributed by atoms with Crippen molar-refractivity contribution in [2.24, 2.45) is 0 Å². The predicted molar refractivity (Wildman–Crippen MR) is 78.1 cm³/mol. The SMILES string of the molecule is Cc1cncc(C(=O)N2CC3(C2)OCc2nc(C)ncc23)c1. The number of carbonyl (C=O) groups is 1. The quantitative estimate of drug-likeness (QED) is 0.795. The normalized spacial score (nSPS) is 18.2. The van der Waals surface area contributed by atoms with Crippen LogP contribution in [-0.4, -0.2) is 38.8 Å². The lowest BCUT2D eigenvalue weighted by Gasteiger charge is -2.47. The van der Waals surface area contributed by atoms with Gasteiger partial charge in [0, 0.05) is 24.2 Å². The van der Waals surface area contributed by atoms with Crippen molar-refractivity contribution in [3.63, 3.8) is 0 Å². The van der Waals surface area contributed by atoms with E-state index in [1.165, 1.54) is 0 Å². The fraction of sp³-hybridized carbons (Fsp3) is 0.375. The molecule has 0 radical (unpaired) electrons. The minimum Gasteiger partial charge on any atom is -0.360 e. The number of nitrogens with zero attached hydrogens (tertiary/aromatic N) is 4.